The quantitative estimate of drug-likeness (QED) is 0.868. The van der Waals surface area contributed by atoms with E-state index in [2.05, 4.69) is 10.1 Å². The molecule has 0 bridgehead atoms. The number of ether oxygens (including phenoxy) is 2. The predicted molar refractivity (Wildman–Crippen MR) is 60.9 cm³/mol. The van der Waals surface area contributed by atoms with Gasteiger partial charge in [-0.15, -0.1) is 0 Å². The number of phenolic OH excluding ortho intramolecular Hbond substituents is 1. The molecule has 6 heteroatoms. The zero-order chi connectivity index (χ0) is 12.4. The summed E-state index contributed by atoms with van der Waals surface area (Å²) in [5.74, 6) is 1.08. The van der Waals surface area contributed by atoms with Crippen LogP contribution >= 0.6 is 0 Å². The van der Waals surface area contributed by atoms with E-state index in [0.717, 1.165) is 5.56 Å². The van der Waals surface area contributed by atoms with Crippen molar-refractivity contribution in [3.63, 3.8) is 0 Å². The molecule has 0 spiro atoms. The molecular weight excluding hydrogens is 236 g/mol. The third-order valence-electron chi connectivity index (χ3n) is 2.66. The molecule has 2 aromatic rings. The van der Waals surface area contributed by atoms with E-state index < -0.39 is 0 Å². The van der Waals surface area contributed by atoms with Crippen LogP contribution in [-0.4, -0.2) is 35.1 Å². The summed E-state index contributed by atoms with van der Waals surface area (Å²) in [5, 5.41) is 13.1. The maximum Gasteiger partial charge on any atom is 0.258 e. The Hall–Kier alpha value is -1.92. The third-order valence-corrected chi connectivity index (χ3v) is 2.66. The van der Waals surface area contributed by atoms with Crippen molar-refractivity contribution in [3.05, 3.63) is 30.1 Å². The minimum atomic E-state index is -0.270. The first-order valence-corrected chi connectivity index (χ1v) is 5.65. The fraction of sp³-hybridized carbons (Fsp3) is 0.333. The van der Waals surface area contributed by atoms with Crippen LogP contribution in [0, 0.1) is 0 Å². The molecule has 1 fully saturated rings. The van der Waals surface area contributed by atoms with Crippen LogP contribution in [0.3, 0.4) is 0 Å². The number of hydrogen-bond donors (Lipinski definition) is 1. The number of aromatic nitrogens is 2. The fourth-order valence-corrected chi connectivity index (χ4v) is 1.72. The van der Waals surface area contributed by atoms with Crippen LogP contribution in [0.1, 0.15) is 11.9 Å². The lowest BCUT2D eigenvalue weighted by Gasteiger charge is -2.19. The highest BCUT2D eigenvalue weighted by atomic mass is 16.6. The van der Waals surface area contributed by atoms with Crippen molar-refractivity contribution < 1.29 is 19.1 Å². The summed E-state index contributed by atoms with van der Waals surface area (Å²) >= 11 is 0. The number of rotatable bonds is 2. The van der Waals surface area contributed by atoms with Crippen molar-refractivity contribution >= 4 is 0 Å². The molecule has 3 rings (SSSR count). The molecule has 1 aromatic carbocycles. The first-order chi connectivity index (χ1) is 8.83. The van der Waals surface area contributed by atoms with Crippen molar-refractivity contribution in [2.75, 3.05) is 19.8 Å². The predicted octanol–water partition coefficient (Wildman–Crippen LogP) is 1.53. The van der Waals surface area contributed by atoms with Gasteiger partial charge in [-0.05, 0) is 24.3 Å². The van der Waals surface area contributed by atoms with Crippen LogP contribution in [0.4, 0.5) is 0 Å². The van der Waals surface area contributed by atoms with E-state index in [1.54, 1.807) is 24.3 Å². The van der Waals surface area contributed by atoms with Gasteiger partial charge in [0.15, 0.2) is 0 Å². The second kappa shape index (κ2) is 4.75. The third kappa shape index (κ3) is 2.20. The van der Waals surface area contributed by atoms with E-state index in [0.29, 0.717) is 31.5 Å². The van der Waals surface area contributed by atoms with Crippen LogP contribution in [0.5, 0.6) is 5.75 Å². The van der Waals surface area contributed by atoms with E-state index in [-0.39, 0.29) is 11.9 Å². The van der Waals surface area contributed by atoms with Gasteiger partial charge in [-0.25, -0.2) is 0 Å². The summed E-state index contributed by atoms with van der Waals surface area (Å²) in [4.78, 5) is 4.27. The zero-order valence-electron chi connectivity index (χ0n) is 9.57. The lowest BCUT2D eigenvalue weighted by atomic mass is 10.2. The largest absolute Gasteiger partial charge is 0.508 e. The summed E-state index contributed by atoms with van der Waals surface area (Å²) in [6.45, 7) is 1.57. The monoisotopic (exact) mass is 248 g/mol. The van der Waals surface area contributed by atoms with Gasteiger partial charge in [-0.3, -0.25) is 0 Å². The highest BCUT2D eigenvalue weighted by Crippen LogP contribution is 2.23. The van der Waals surface area contributed by atoms with Gasteiger partial charge < -0.3 is 19.1 Å². The average Bonchev–Trinajstić information content (AvgIpc) is 2.90. The number of benzene rings is 1. The van der Waals surface area contributed by atoms with Crippen LogP contribution < -0.4 is 0 Å². The Kier molecular flexibility index (Phi) is 2.95. The smallest absolute Gasteiger partial charge is 0.258 e. The number of hydrogen-bond acceptors (Lipinski definition) is 6. The van der Waals surface area contributed by atoms with Crippen molar-refractivity contribution in [1.29, 1.82) is 0 Å². The molecule has 0 saturated carbocycles. The van der Waals surface area contributed by atoms with E-state index in [4.69, 9.17) is 14.0 Å². The van der Waals surface area contributed by atoms with E-state index in [1.807, 2.05) is 0 Å². The number of aromatic hydroxyl groups is 1. The van der Waals surface area contributed by atoms with Gasteiger partial charge in [0.25, 0.3) is 5.89 Å². The van der Waals surface area contributed by atoms with Gasteiger partial charge in [-0.2, -0.15) is 4.98 Å². The van der Waals surface area contributed by atoms with Crippen LogP contribution in [0.15, 0.2) is 28.8 Å². The first-order valence-electron chi connectivity index (χ1n) is 5.65. The molecule has 1 unspecified atom stereocenters. The minimum absolute atomic E-state index is 0.197. The van der Waals surface area contributed by atoms with E-state index in [1.165, 1.54) is 0 Å². The molecule has 2 heterocycles. The van der Waals surface area contributed by atoms with Crippen LogP contribution in [-0.2, 0) is 9.47 Å². The molecule has 1 N–H and O–H groups in total. The van der Waals surface area contributed by atoms with Crippen molar-refractivity contribution in [2.45, 2.75) is 6.10 Å². The lowest BCUT2D eigenvalue weighted by Crippen LogP contribution is -2.22. The Bertz CT molecular complexity index is 517. The summed E-state index contributed by atoms with van der Waals surface area (Å²) in [5.41, 5.74) is 0.753. The Morgan fingerprint density at radius 2 is 2.00 bits per heavy atom. The molecule has 18 heavy (non-hydrogen) atoms. The van der Waals surface area contributed by atoms with Gasteiger partial charge in [-0.1, -0.05) is 5.16 Å². The SMILES string of the molecule is Oc1ccc(-c2nc(C3COCCO3)no2)cc1. The summed E-state index contributed by atoms with van der Waals surface area (Å²) in [6.07, 6.45) is -0.270. The maximum absolute atomic E-state index is 9.21. The average molecular weight is 248 g/mol. The van der Waals surface area contributed by atoms with Crippen molar-refractivity contribution in [3.8, 4) is 17.2 Å². The Labute approximate surface area is 103 Å². The first kappa shape index (κ1) is 11.2. The lowest BCUT2D eigenvalue weighted by molar-refractivity contribution is -0.0941. The number of nitrogens with zero attached hydrogens (tertiary/aromatic N) is 2. The standard InChI is InChI=1S/C12H12N2O4/c15-9-3-1-8(2-4-9)12-13-11(14-18-12)10-7-16-5-6-17-10/h1-4,10,15H,5-7H2. The summed E-state index contributed by atoms with van der Waals surface area (Å²) < 4.78 is 15.9. The maximum atomic E-state index is 9.21. The second-order valence-electron chi connectivity index (χ2n) is 3.94. The van der Waals surface area contributed by atoms with E-state index in [9.17, 15) is 5.11 Å². The fourth-order valence-electron chi connectivity index (χ4n) is 1.72. The molecule has 1 aliphatic rings. The minimum Gasteiger partial charge on any atom is -0.508 e. The van der Waals surface area contributed by atoms with Crippen molar-refractivity contribution in [1.82, 2.24) is 10.1 Å². The Morgan fingerprint density at radius 1 is 1.17 bits per heavy atom. The molecule has 0 radical (unpaired) electrons. The molecule has 6 nitrogen and oxygen atoms in total. The number of phenols is 1. The topological polar surface area (TPSA) is 77.6 Å². The normalized spacial score (nSPS) is 19.9. The summed E-state index contributed by atoms with van der Waals surface area (Å²) in [7, 11) is 0. The van der Waals surface area contributed by atoms with Gasteiger partial charge in [0.05, 0.1) is 19.8 Å². The highest BCUT2D eigenvalue weighted by molar-refractivity contribution is 5.53. The van der Waals surface area contributed by atoms with Crippen molar-refractivity contribution in [2.24, 2.45) is 0 Å². The molecule has 1 aliphatic heterocycles. The van der Waals surface area contributed by atoms with Gasteiger partial charge in [0, 0.05) is 5.56 Å². The second-order valence-corrected chi connectivity index (χ2v) is 3.94. The molecule has 1 saturated heterocycles. The molecule has 0 amide bonds. The molecule has 0 aliphatic carbocycles. The van der Waals surface area contributed by atoms with Gasteiger partial charge >= 0.3 is 0 Å². The molecule has 1 aromatic heterocycles. The molecule has 94 valence electrons. The highest BCUT2D eigenvalue weighted by Gasteiger charge is 2.22. The van der Waals surface area contributed by atoms with Gasteiger partial charge in [0.2, 0.25) is 5.82 Å². The molecular formula is C12H12N2O4. The molecule has 1 atom stereocenters. The Morgan fingerprint density at radius 3 is 2.72 bits per heavy atom. The Balaban J connectivity index is 1.82. The van der Waals surface area contributed by atoms with Crippen LogP contribution in [0.25, 0.3) is 11.5 Å². The van der Waals surface area contributed by atoms with E-state index >= 15 is 0 Å². The van der Waals surface area contributed by atoms with Gasteiger partial charge in [0.1, 0.15) is 11.9 Å². The zero-order valence-corrected chi connectivity index (χ0v) is 9.57. The summed E-state index contributed by atoms with van der Waals surface area (Å²) in [6, 6.07) is 6.56. The van der Waals surface area contributed by atoms with Crippen LogP contribution in [0.2, 0.25) is 0 Å².